The van der Waals surface area contributed by atoms with E-state index in [1.165, 1.54) is 6.42 Å². The largest absolute Gasteiger partial charge is 0.492 e. The lowest BCUT2D eigenvalue weighted by atomic mass is 9.99. The molecule has 1 atom stereocenters. The first-order chi connectivity index (χ1) is 8.18. The van der Waals surface area contributed by atoms with Gasteiger partial charge in [0, 0.05) is 6.54 Å². The first kappa shape index (κ1) is 14.0. The summed E-state index contributed by atoms with van der Waals surface area (Å²) in [6.45, 7) is 9.57. The molecule has 0 saturated heterocycles. The van der Waals surface area contributed by atoms with Gasteiger partial charge < -0.3 is 10.1 Å². The van der Waals surface area contributed by atoms with Crippen LogP contribution >= 0.6 is 0 Å². The molecule has 1 N–H and O–H groups in total. The van der Waals surface area contributed by atoms with Gasteiger partial charge in [-0.05, 0) is 36.9 Å². The monoisotopic (exact) mass is 235 g/mol. The maximum atomic E-state index is 5.61. The molecular weight excluding hydrogens is 210 g/mol. The predicted octanol–water partition coefficient (Wildman–Crippen LogP) is 3.34. The fourth-order valence-electron chi connectivity index (χ4n) is 1.99. The van der Waals surface area contributed by atoms with Crippen molar-refractivity contribution in [1.82, 2.24) is 5.32 Å². The van der Waals surface area contributed by atoms with Crippen molar-refractivity contribution in [2.75, 3.05) is 19.7 Å². The zero-order chi connectivity index (χ0) is 12.5. The number of rotatable bonds is 8. The zero-order valence-corrected chi connectivity index (χ0v) is 11.3. The Morgan fingerprint density at radius 2 is 1.82 bits per heavy atom. The van der Waals surface area contributed by atoms with Crippen molar-refractivity contribution in [2.24, 2.45) is 11.8 Å². The number of hydrogen-bond acceptors (Lipinski definition) is 2. The predicted molar refractivity (Wildman–Crippen MR) is 73.4 cm³/mol. The molecule has 0 aliphatic rings. The average molecular weight is 235 g/mol. The highest BCUT2D eigenvalue weighted by molar-refractivity contribution is 5.20. The van der Waals surface area contributed by atoms with E-state index in [-0.39, 0.29) is 0 Å². The lowest BCUT2D eigenvalue weighted by Gasteiger charge is -2.14. The molecule has 0 aliphatic carbocycles. The zero-order valence-electron chi connectivity index (χ0n) is 11.3. The van der Waals surface area contributed by atoms with Gasteiger partial charge in [-0.25, -0.2) is 0 Å². The second kappa shape index (κ2) is 8.13. The highest BCUT2D eigenvalue weighted by Crippen LogP contribution is 2.09. The van der Waals surface area contributed by atoms with E-state index in [0.29, 0.717) is 0 Å². The Kier molecular flexibility index (Phi) is 6.71. The van der Waals surface area contributed by atoms with E-state index >= 15 is 0 Å². The maximum Gasteiger partial charge on any atom is 0.119 e. The van der Waals surface area contributed by atoms with Crippen LogP contribution in [0.1, 0.15) is 27.2 Å². The number of benzene rings is 1. The molecule has 1 rings (SSSR count). The van der Waals surface area contributed by atoms with Crippen LogP contribution in [0.5, 0.6) is 5.75 Å². The van der Waals surface area contributed by atoms with Gasteiger partial charge in [-0.2, -0.15) is 0 Å². The van der Waals surface area contributed by atoms with E-state index in [9.17, 15) is 0 Å². The molecule has 0 fully saturated rings. The van der Waals surface area contributed by atoms with Crippen LogP contribution in [-0.4, -0.2) is 19.7 Å². The van der Waals surface area contributed by atoms with E-state index in [1.807, 2.05) is 30.3 Å². The van der Waals surface area contributed by atoms with Crippen LogP contribution in [-0.2, 0) is 0 Å². The Balaban J connectivity index is 2.01. The minimum Gasteiger partial charge on any atom is -0.492 e. The molecule has 1 aromatic rings. The van der Waals surface area contributed by atoms with Gasteiger partial charge >= 0.3 is 0 Å². The number of nitrogens with one attached hydrogen (secondary N) is 1. The molecule has 0 heterocycles. The average Bonchev–Trinajstić information content (AvgIpc) is 2.29. The summed E-state index contributed by atoms with van der Waals surface area (Å²) in [6.07, 6.45) is 1.28. The van der Waals surface area contributed by atoms with E-state index in [0.717, 1.165) is 37.3 Å². The van der Waals surface area contributed by atoms with Crippen molar-refractivity contribution in [3.63, 3.8) is 0 Å². The van der Waals surface area contributed by atoms with Crippen LogP contribution < -0.4 is 10.1 Å². The van der Waals surface area contributed by atoms with Crippen LogP contribution in [0, 0.1) is 11.8 Å². The maximum absolute atomic E-state index is 5.61. The topological polar surface area (TPSA) is 21.3 Å². The lowest BCUT2D eigenvalue weighted by Crippen LogP contribution is -2.26. The van der Waals surface area contributed by atoms with E-state index in [4.69, 9.17) is 4.74 Å². The van der Waals surface area contributed by atoms with Crippen molar-refractivity contribution in [3.05, 3.63) is 30.3 Å². The van der Waals surface area contributed by atoms with Crippen molar-refractivity contribution in [1.29, 1.82) is 0 Å². The van der Waals surface area contributed by atoms with Gasteiger partial charge in [0.15, 0.2) is 0 Å². The minimum atomic E-state index is 0.735. The molecule has 17 heavy (non-hydrogen) atoms. The number of para-hydroxylation sites is 1. The SMILES string of the molecule is CC(C)CC(C)CNCCOc1ccccc1. The molecule has 1 unspecified atom stereocenters. The second-order valence-electron chi connectivity index (χ2n) is 5.10. The molecule has 0 bridgehead atoms. The first-order valence-electron chi connectivity index (χ1n) is 6.57. The van der Waals surface area contributed by atoms with Crippen molar-refractivity contribution >= 4 is 0 Å². The van der Waals surface area contributed by atoms with E-state index < -0.39 is 0 Å². The van der Waals surface area contributed by atoms with E-state index in [1.54, 1.807) is 0 Å². The molecule has 0 aliphatic heterocycles. The van der Waals surface area contributed by atoms with Crippen molar-refractivity contribution in [3.8, 4) is 5.75 Å². The van der Waals surface area contributed by atoms with Crippen molar-refractivity contribution in [2.45, 2.75) is 27.2 Å². The van der Waals surface area contributed by atoms with Crippen LogP contribution in [0.3, 0.4) is 0 Å². The molecule has 0 aromatic heterocycles. The van der Waals surface area contributed by atoms with E-state index in [2.05, 4.69) is 26.1 Å². The Morgan fingerprint density at radius 1 is 1.12 bits per heavy atom. The Hall–Kier alpha value is -1.02. The van der Waals surface area contributed by atoms with Gasteiger partial charge in [0.25, 0.3) is 0 Å². The minimum absolute atomic E-state index is 0.735. The smallest absolute Gasteiger partial charge is 0.119 e. The fraction of sp³-hybridized carbons (Fsp3) is 0.600. The summed E-state index contributed by atoms with van der Waals surface area (Å²) in [7, 11) is 0. The normalized spacial score (nSPS) is 12.7. The third kappa shape index (κ3) is 7.01. The molecule has 0 saturated carbocycles. The highest BCUT2D eigenvalue weighted by Gasteiger charge is 2.03. The Labute approximate surface area is 105 Å². The standard InChI is InChI=1S/C15H25NO/c1-13(2)11-14(3)12-16-9-10-17-15-7-5-4-6-8-15/h4-8,13-14,16H,9-12H2,1-3H3. The molecule has 2 heteroatoms. The van der Waals surface area contributed by atoms with Gasteiger partial charge in [-0.1, -0.05) is 39.0 Å². The van der Waals surface area contributed by atoms with Gasteiger partial charge in [0.1, 0.15) is 12.4 Å². The van der Waals surface area contributed by atoms with Gasteiger partial charge in [-0.3, -0.25) is 0 Å². The molecule has 1 aromatic carbocycles. The molecule has 0 amide bonds. The van der Waals surface area contributed by atoms with Crippen molar-refractivity contribution < 1.29 is 4.74 Å². The summed E-state index contributed by atoms with van der Waals surface area (Å²) >= 11 is 0. The van der Waals surface area contributed by atoms with Crippen LogP contribution in [0.4, 0.5) is 0 Å². The number of hydrogen-bond donors (Lipinski definition) is 1. The number of ether oxygens (including phenoxy) is 1. The van der Waals surface area contributed by atoms with Crippen LogP contribution in [0.15, 0.2) is 30.3 Å². The third-order valence-corrected chi connectivity index (χ3v) is 2.66. The summed E-state index contributed by atoms with van der Waals surface area (Å²) in [5, 5.41) is 3.44. The summed E-state index contributed by atoms with van der Waals surface area (Å²) in [4.78, 5) is 0. The summed E-state index contributed by atoms with van der Waals surface area (Å²) in [5.41, 5.74) is 0. The van der Waals surface area contributed by atoms with Crippen LogP contribution in [0.2, 0.25) is 0 Å². The Morgan fingerprint density at radius 3 is 2.47 bits per heavy atom. The van der Waals surface area contributed by atoms with Gasteiger partial charge in [-0.15, -0.1) is 0 Å². The second-order valence-corrected chi connectivity index (χ2v) is 5.10. The third-order valence-electron chi connectivity index (χ3n) is 2.66. The van der Waals surface area contributed by atoms with Gasteiger partial charge in [0.05, 0.1) is 0 Å². The lowest BCUT2D eigenvalue weighted by molar-refractivity contribution is 0.306. The molecule has 96 valence electrons. The van der Waals surface area contributed by atoms with Crippen LogP contribution in [0.25, 0.3) is 0 Å². The Bertz CT molecular complexity index is 284. The molecule has 2 nitrogen and oxygen atoms in total. The quantitative estimate of drug-likeness (QED) is 0.698. The highest BCUT2D eigenvalue weighted by atomic mass is 16.5. The van der Waals surface area contributed by atoms with Gasteiger partial charge in [0.2, 0.25) is 0 Å². The summed E-state index contributed by atoms with van der Waals surface area (Å²) < 4.78 is 5.61. The summed E-state index contributed by atoms with van der Waals surface area (Å²) in [5.74, 6) is 2.48. The molecule has 0 spiro atoms. The first-order valence-corrected chi connectivity index (χ1v) is 6.57. The molecule has 0 radical (unpaired) electrons. The fourth-order valence-corrected chi connectivity index (χ4v) is 1.99. The summed E-state index contributed by atoms with van der Waals surface area (Å²) in [6, 6.07) is 9.96. The molecular formula is C15H25NO.